The van der Waals surface area contributed by atoms with Crippen LogP contribution >= 0.6 is 0 Å². The van der Waals surface area contributed by atoms with Gasteiger partial charge in [-0.25, -0.2) is 4.79 Å². The molecule has 1 amide bonds. The summed E-state index contributed by atoms with van der Waals surface area (Å²) in [5, 5.41) is 3.67. The fourth-order valence-electron chi connectivity index (χ4n) is 3.52. The Morgan fingerprint density at radius 1 is 1.44 bits per heavy atom. The van der Waals surface area contributed by atoms with Crippen molar-refractivity contribution < 1.29 is 13.9 Å². The van der Waals surface area contributed by atoms with Gasteiger partial charge in [-0.1, -0.05) is 13.8 Å². The maximum Gasteiger partial charge on any atom is 0.410 e. The van der Waals surface area contributed by atoms with Gasteiger partial charge in [0, 0.05) is 25.0 Å². The van der Waals surface area contributed by atoms with E-state index in [1.165, 1.54) is 0 Å². The Balaban J connectivity index is 1.99. The maximum atomic E-state index is 12.5. The minimum absolute atomic E-state index is 0.0924. The van der Waals surface area contributed by atoms with Gasteiger partial charge in [0.1, 0.15) is 11.4 Å². The van der Waals surface area contributed by atoms with Crippen LogP contribution in [-0.2, 0) is 4.74 Å². The van der Waals surface area contributed by atoms with Crippen molar-refractivity contribution in [3.63, 3.8) is 0 Å². The molecular weight excluding hydrogens is 316 g/mol. The summed E-state index contributed by atoms with van der Waals surface area (Å²) in [5.41, 5.74) is -0.358. The zero-order valence-electron chi connectivity index (χ0n) is 16.4. The molecule has 142 valence electrons. The van der Waals surface area contributed by atoms with Crippen LogP contribution in [0.5, 0.6) is 0 Å². The van der Waals surface area contributed by atoms with Crippen LogP contribution in [0.4, 0.5) is 4.79 Å². The number of hydrogen-bond acceptors (Lipinski definition) is 4. The van der Waals surface area contributed by atoms with E-state index in [-0.39, 0.29) is 17.6 Å². The van der Waals surface area contributed by atoms with E-state index in [1.807, 2.05) is 37.8 Å². The van der Waals surface area contributed by atoms with E-state index >= 15 is 0 Å². The van der Waals surface area contributed by atoms with Gasteiger partial charge in [0.25, 0.3) is 0 Å². The van der Waals surface area contributed by atoms with Gasteiger partial charge in [-0.15, -0.1) is 0 Å². The molecule has 2 rings (SSSR count). The van der Waals surface area contributed by atoms with Crippen molar-refractivity contribution in [3.05, 3.63) is 24.2 Å². The van der Waals surface area contributed by atoms with E-state index < -0.39 is 5.60 Å². The van der Waals surface area contributed by atoms with Crippen molar-refractivity contribution in [1.29, 1.82) is 0 Å². The molecule has 25 heavy (non-hydrogen) atoms. The highest BCUT2D eigenvalue weighted by atomic mass is 16.6. The zero-order valence-corrected chi connectivity index (χ0v) is 16.4. The lowest BCUT2D eigenvalue weighted by atomic mass is 9.77. The molecule has 2 heterocycles. The molecule has 2 atom stereocenters. The Morgan fingerprint density at radius 3 is 2.76 bits per heavy atom. The van der Waals surface area contributed by atoms with Gasteiger partial charge in [0.15, 0.2) is 0 Å². The molecule has 0 radical (unpaired) electrons. The van der Waals surface area contributed by atoms with Crippen LogP contribution in [0.1, 0.15) is 72.1 Å². The summed E-state index contributed by atoms with van der Waals surface area (Å²) in [6.07, 6.45) is 5.69. The van der Waals surface area contributed by atoms with Gasteiger partial charge in [0.2, 0.25) is 0 Å². The minimum Gasteiger partial charge on any atom is -0.468 e. The van der Waals surface area contributed by atoms with E-state index in [2.05, 4.69) is 19.2 Å². The van der Waals surface area contributed by atoms with Gasteiger partial charge in [-0.3, -0.25) is 0 Å². The lowest BCUT2D eigenvalue weighted by molar-refractivity contribution is 0.00281. The van der Waals surface area contributed by atoms with Crippen LogP contribution in [0.2, 0.25) is 0 Å². The summed E-state index contributed by atoms with van der Waals surface area (Å²) in [6.45, 7) is 12.5. The first kappa shape index (κ1) is 19.8. The molecule has 0 saturated carbocycles. The summed E-state index contributed by atoms with van der Waals surface area (Å²) >= 11 is 0. The predicted molar refractivity (Wildman–Crippen MR) is 99.5 cm³/mol. The lowest BCUT2D eigenvalue weighted by Crippen LogP contribution is -2.51. The second-order valence-electron chi connectivity index (χ2n) is 8.22. The second kappa shape index (κ2) is 8.26. The topological polar surface area (TPSA) is 54.7 Å². The molecule has 1 aliphatic heterocycles. The number of rotatable bonds is 6. The summed E-state index contributed by atoms with van der Waals surface area (Å²) < 4.78 is 11.1. The fourth-order valence-corrected chi connectivity index (χ4v) is 3.52. The van der Waals surface area contributed by atoms with Crippen LogP contribution in [0.15, 0.2) is 22.8 Å². The Labute approximate surface area is 152 Å². The Hall–Kier alpha value is -1.49. The van der Waals surface area contributed by atoms with Crippen LogP contribution < -0.4 is 5.32 Å². The van der Waals surface area contributed by atoms with Gasteiger partial charge in [0.05, 0.1) is 12.3 Å². The van der Waals surface area contributed by atoms with Gasteiger partial charge < -0.3 is 19.4 Å². The van der Waals surface area contributed by atoms with E-state index in [0.29, 0.717) is 0 Å². The average Bonchev–Trinajstić information content (AvgIpc) is 3.08. The van der Waals surface area contributed by atoms with Crippen LogP contribution in [0.25, 0.3) is 0 Å². The monoisotopic (exact) mass is 350 g/mol. The van der Waals surface area contributed by atoms with Gasteiger partial charge in [-0.05, 0) is 58.6 Å². The summed E-state index contributed by atoms with van der Waals surface area (Å²) in [4.78, 5) is 14.3. The Kier molecular flexibility index (Phi) is 6.55. The third kappa shape index (κ3) is 5.50. The molecule has 0 spiro atoms. The largest absolute Gasteiger partial charge is 0.468 e. The standard InChI is InChI=1S/C20H34N2O3/c1-6-16(17-10-8-13-24-17)21-14-20(7-2)11-9-12-22(15-20)18(23)25-19(3,4)5/h8,10,13,16,21H,6-7,9,11-12,14-15H2,1-5H3. The number of carbonyl (C=O) groups excluding carboxylic acids is 1. The maximum absolute atomic E-state index is 12.5. The number of furan rings is 1. The number of nitrogens with zero attached hydrogens (tertiary/aromatic N) is 1. The average molecular weight is 351 g/mol. The Bertz CT molecular complexity index is 536. The van der Waals surface area contributed by atoms with Crippen LogP contribution in [0.3, 0.4) is 0 Å². The normalized spacial score (nSPS) is 22.7. The molecule has 1 aromatic rings. The number of nitrogens with one attached hydrogen (secondary N) is 1. The van der Waals surface area contributed by atoms with E-state index in [0.717, 1.165) is 51.1 Å². The van der Waals surface area contributed by atoms with Crippen molar-refractivity contribution in [2.45, 2.75) is 71.9 Å². The van der Waals surface area contributed by atoms with E-state index in [4.69, 9.17) is 9.15 Å². The molecular formula is C20H34N2O3. The predicted octanol–water partition coefficient (Wildman–Crippen LogP) is 4.75. The van der Waals surface area contributed by atoms with Gasteiger partial charge >= 0.3 is 6.09 Å². The highest BCUT2D eigenvalue weighted by molar-refractivity contribution is 5.68. The molecule has 5 heteroatoms. The highest BCUT2D eigenvalue weighted by Gasteiger charge is 2.37. The molecule has 1 fully saturated rings. The smallest absolute Gasteiger partial charge is 0.410 e. The molecule has 1 saturated heterocycles. The number of carbonyl (C=O) groups is 1. The molecule has 1 aromatic heterocycles. The first-order valence-corrected chi connectivity index (χ1v) is 9.53. The van der Waals surface area contributed by atoms with Crippen molar-refractivity contribution in [2.24, 2.45) is 5.41 Å². The van der Waals surface area contributed by atoms with Crippen molar-refractivity contribution in [1.82, 2.24) is 10.2 Å². The van der Waals surface area contributed by atoms with Crippen LogP contribution in [-0.4, -0.2) is 36.2 Å². The fraction of sp³-hybridized carbons (Fsp3) is 0.750. The molecule has 0 bridgehead atoms. The first-order chi connectivity index (χ1) is 11.8. The van der Waals surface area contributed by atoms with Gasteiger partial charge in [-0.2, -0.15) is 0 Å². The third-order valence-corrected chi connectivity index (χ3v) is 5.08. The minimum atomic E-state index is -0.450. The zero-order chi connectivity index (χ0) is 18.5. The van der Waals surface area contributed by atoms with E-state index in [9.17, 15) is 4.79 Å². The molecule has 5 nitrogen and oxygen atoms in total. The molecule has 1 aliphatic rings. The number of hydrogen-bond donors (Lipinski definition) is 1. The summed E-state index contributed by atoms with van der Waals surface area (Å²) in [7, 11) is 0. The second-order valence-corrected chi connectivity index (χ2v) is 8.22. The lowest BCUT2D eigenvalue weighted by Gasteiger charge is -2.43. The van der Waals surface area contributed by atoms with Crippen molar-refractivity contribution in [2.75, 3.05) is 19.6 Å². The highest BCUT2D eigenvalue weighted by Crippen LogP contribution is 2.34. The third-order valence-electron chi connectivity index (χ3n) is 5.08. The van der Waals surface area contributed by atoms with E-state index in [1.54, 1.807) is 6.26 Å². The van der Waals surface area contributed by atoms with Crippen LogP contribution in [0, 0.1) is 5.41 Å². The van der Waals surface area contributed by atoms with Crippen molar-refractivity contribution >= 4 is 6.09 Å². The molecule has 1 N–H and O–H groups in total. The quantitative estimate of drug-likeness (QED) is 0.804. The van der Waals surface area contributed by atoms with Crippen molar-refractivity contribution in [3.8, 4) is 0 Å². The molecule has 2 unspecified atom stereocenters. The first-order valence-electron chi connectivity index (χ1n) is 9.53. The number of amides is 1. The number of ether oxygens (including phenoxy) is 1. The summed E-state index contributed by atoms with van der Waals surface area (Å²) in [6, 6.07) is 4.17. The number of likely N-dealkylation sites (tertiary alicyclic amines) is 1. The SMILES string of the molecule is CCC(NCC1(CC)CCCN(C(=O)OC(C)(C)C)C1)c1ccco1. The molecule has 0 aromatic carbocycles. The molecule has 0 aliphatic carbocycles. The number of piperidine rings is 1. The summed E-state index contributed by atoms with van der Waals surface area (Å²) in [5.74, 6) is 0.980. The Morgan fingerprint density at radius 2 is 2.20 bits per heavy atom.